The molecule has 0 amide bonds. The van der Waals surface area contributed by atoms with Gasteiger partial charge in [0.1, 0.15) is 11.5 Å². The van der Waals surface area contributed by atoms with E-state index in [1.165, 1.54) is 6.08 Å². The highest BCUT2D eigenvalue weighted by molar-refractivity contribution is 6.42. The molecule has 0 radical (unpaired) electrons. The molecule has 4 nitrogen and oxygen atoms in total. The molecule has 6 heteroatoms. The van der Waals surface area contributed by atoms with Gasteiger partial charge in [0, 0.05) is 29.9 Å². The van der Waals surface area contributed by atoms with Crippen molar-refractivity contribution in [1.29, 1.82) is 0 Å². The largest absolute Gasteiger partial charge is 0.457 e. The highest BCUT2D eigenvalue weighted by atomic mass is 35.5. The molecule has 1 aliphatic rings. The molecule has 1 aromatic heterocycles. The van der Waals surface area contributed by atoms with Gasteiger partial charge in [-0.25, -0.2) is 0 Å². The fraction of sp³-hybridized carbons (Fsp3) is 0.174. The minimum atomic E-state index is -0.0778. The summed E-state index contributed by atoms with van der Waals surface area (Å²) in [5.74, 6) is 1.17. The Labute approximate surface area is 179 Å². The minimum absolute atomic E-state index is 0.0778. The summed E-state index contributed by atoms with van der Waals surface area (Å²) in [5.41, 5.74) is 2.56. The zero-order chi connectivity index (χ0) is 20.2. The zero-order valence-electron chi connectivity index (χ0n) is 15.6. The summed E-state index contributed by atoms with van der Waals surface area (Å²) in [6.07, 6.45) is 3.18. The van der Waals surface area contributed by atoms with E-state index in [1.54, 1.807) is 18.2 Å². The van der Waals surface area contributed by atoms with Crippen molar-refractivity contribution in [3.8, 4) is 11.3 Å². The quantitative estimate of drug-likeness (QED) is 0.370. The predicted molar refractivity (Wildman–Crippen MR) is 117 cm³/mol. The van der Waals surface area contributed by atoms with Crippen molar-refractivity contribution in [1.82, 2.24) is 0 Å². The minimum Gasteiger partial charge on any atom is -0.457 e. The Hall–Kier alpha value is -2.53. The van der Waals surface area contributed by atoms with E-state index in [2.05, 4.69) is 4.90 Å². The van der Waals surface area contributed by atoms with Crippen LogP contribution in [0.4, 0.5) is 5.69 Å². The maximum atomic E-state index is 12.5. The van der Waals surface area contributed by atoms with Crippen LogP contribution in [0.15, 0.2) is 65.1 Å². The molecule has 4 rings (SSSR count). The molecule has 0 spiro atoms. The molecule has 0 aliphatic carbocycles. The third kappa shape index (κ3) is 4.73. The number of rotatable bonds is 5. The van der Waals surface area contributed by atoms with Gasteiger partial charge in [-0.3, -0.25) is 4.79 Å². The average Bonchev–Trinajstić information content (AvgIpc) is 3.24. The first-order valence-electron chi connectivity index (χ1n) is 9.30. The van der Waals surface area contributed by atoms with Crippen LogP contribution in [0.1, 0.15) is 16.1 Å². The van der Waals surface area contributed by atoms with Crippen LogP contribution in [0, 0.1) is 0 Å². The molecule has 2 heterocycles. The molecular formula is C23H19Cl2NO3. The number of halogens is 2. The average molecular weight is 428 g/mol. The van der Waals surface area contributed by atoms with Crippen molar-refractivity contribution in [2.24, 2.45) is 0 Å². The van der Waals surface area contributed by atoms with Gasteiger partial charge in [0.25, 0.3) is 0 Å². The van der Waals surface area contributed by atoms with E-state index in [9.17, 15) is 4.79 Å². The lowest BCUT2D eigenvalue weighted by Crippen LogP contribution is -2.36. The number of ketones is 1. The number of furan rings is 1. The lowest BCUT2D eigenvalue weighted by atomic mass is 10.1. The van der Waals surface area contributed by atoms with Crippen molar-refractivity contribution in [2.75, 3.05) is 31.2 Å². The van der Waals surface area contributed by atoms with Gasteiger partial charge in [0.2, 0.25) is 0 Å². The van der Waals surface area contributed by atoms with E-state index in [0.29, 0.717) is 27.1 Å². The van der Waals surface area contributed by atoms with Crippen LogP contribution in [0.25, 0.3) is 17.4 Å². The molecule has 2 aromatic carbocycles. The number of morpholine rings is 1. The number of carbonyl (C=O) groups is 1. The van der Waals surface area contributed by atoms with Gasteiger partial charge in [-0.05, 0) is 66.7 Å². The highest BCUT2D eigenvalue weighted by Crippen LogP contribution is 2.30. The highest BCUT2D eigenvalue weighted by Gasteiger charge is 2.12. The van der Waals surface area contributed by atoms with Crippen LogP contribution in [-0.2, 0) is 4.74 Å². The SMILES string of the molecule is O=C(/C=C\c1ccc(-c2ccc(Cl)c(Cl)c2)o1)c1ccc(N2CCOCC2)cc1. The van der Waals surface area contributed by atoms with Gasteiger partial charge in [0.05, 0.1) is 23.3 Å². The van der Waals surface area contributed by atoms with E-state index in [1.807, 2.05) is 42.5 Å². The second-order valence-corrected chi connectivity index (χ2v) is 7.49. The number of benzene rings is 2. The van der Waals surface area contributed by atoms with Crippen LogP contribution >= 0.6 is 23.2 Å². The van der Waals surface area contributed by atoms with Crippen molar-refractivity contribution in [3.63, 3.8) is 0 Å². The molecule has 0 atom stereocenters. The molecule has 0 unspecified atom stereocenters. The summed E-state index contributed by atoms with van der Waals surface area (Å²) in [6.45, 7) is 3.20. The molecule has 0 saturated carbocycles. The maximum absolute atomic E-state index is 12.5. The third-order valence-electron chi connectivity index (χ3n) is 4.76. The van der Waals surface area contributed by atoms with Crippen LogP contribution < -0.4 is 4.90 Å². The first-order chi connectivity index (χ1) is 14.1. The van der Waals surface area contributed by atoms with Gasteiger partial charge in [-0.2, -0.15) is 0 Å². The normalized spacial score (nSPS) is 14.5. The van der Waals surface area contributed by atoms with Crippen LogP contribution in [0.2, 0.25) is 10.0 Å². The number of ether oxygens (including phenoxy) is 1. The molecule has 148 valence electrons. The number of allylic oxidation sites excluding steroid dienone is 1. The summed E-state index contributed by atoms with van der Waals surface area (Å²) in [4.78, 5) is 14.7. The lowest BCUT2D eigenvalue weighted by molar-refractivity contribution is 0.104. The molecule has 0 bridgehead atoms. The number of carbonyl (C=O) groups excluding carboxylic acids is 1. The van der Waals surface area contributed by atoms with Gasteiger partial charge in [-0.15, -0.1) is 0 Å². The van der Waals surface area contributed by atoms with E-state index >= 15 is 0 Å². The van der Waals surface area contributed by atoms with E-state index in [0.717, 1.165) is 37.6 Å². The van der Waals surface area contributed by atoms with E-state index in [-0.39, 0.29) is 5.78 Å². The molecule has 29 heavy (non-hydrogen) atoms. The summed E-state index contributed by atoms with van der Waals surface area (Å²) in [7, 11) is 0. The lowest BCUT2D eigenvalue weighted by Gasteiger charge is -2.28. The molecule has 1 aliphatic heterocycles. The summed E-state index contributed by atoms with van der Waals surface area (Å²) < 4.78 is 11.2. The second kappa shape index (κ2) is 8.87. The van der Waals surface area contributed by atoms with E-state index in [4.69, 9.17) is 32.4 Å². The van der Waals surface area contributed by atoms with Gasteiger partial charge in [-0.1, -0.05) is 23.2 Å². The van der Waals surface area contributed by atoms with Crippen LogP contribution in [0.5, 0.6) is 0 Å². The van der Waals surface area contributed by atoms with Gasteiger partial charge < -0.3 is 14.1 Å². The number of hydrogen-bond acceptors (Lipinski definition) is 4. The Kier molecular flexibility index (Phi) is 6.05. The Morgan fingerprint density at radius 2 is 1.69 bits per heavy atom. The second-order valence-electron chi connectivity index (χ2n) is 6.67. The Balaban J connectivity index is 1.43. The fourth-order valence-electron chi connectivity index (χ4n) is 3.16. The first kappa shape index (κ1) is 19.8. The topological polar surface area (TPSA) is 42.7 Å². The molecule has 3 aromatic rings. The molecule has 1 saturated heterocycles. The summed E-state index contributed by atoms with van der Waals surface area (Å²) in [5, 5.41) is 0.959. The smallest absolute Gasteiger partial charge is 0.185 e. The van der Waals surface area contributed by atoms with Gasteiger partial charge in [0.15, 0.2) is 5.78 Å². The van der Waals surface area contributed by atoms with Crippen molar-refractivity contribution < 1.29 is 13.9 Å². The molecular weight excluding hydrogens is 409 g/mol. The monoisotopic (exact) mass is 427 g/mol. The first-order valence-corrected chi connectivity index (χ1v) is 10.1. The molecule has 0 N–H and O–H groups in total. The Bertz CT molecular complexity index is 1030. The number of hydrogen-bond donors (Lipinski definition) is 0. The Morgan fingerprint density at radius 1 is 0.931 bits per heavy atom. The van der Waals surface area contributed by atoms with Crippen LogP contribution in [0.3, 0.4) is 0 Å². The summed E-state index contributed by atoms with van der Waals surface area (Å²) >= 11 is 12.0. The molecule has 1 fully saturated rings. The fourth-order valence-corrected chi connectivity index (χ4v) is 3.46. The van der Waals surface area contributed by atoms with Gasteiger partial charge >= 0.3 is 0 Å². The van der Waals surface area contributed by atoms with Crippen LogP contribution in [-0.4, -0.2) is 32.1 Å². The van der Waals surface area contributed by atoms with Crippen molar-refractivity contribution in [3.05, 3.63) is 82.0 Å². The number of nitrogens with zero attached hydrogens (tertiary/aromatic N) is 1. The zero-order valence-corrected chi connectivity index (χ0v) is 17.1. The standard InChI is InChI=1S/C23H19Cl2NO3/c24-20-8-3-17(15-21(20)25)23-10-7-19(29-23)6-9-22(27)16-1-4-18(5-2-16)26-11-13-28-14-12-26/h1-10,15H,11-14H2/b9-6-. The maximum Gasteiger partial charge on any atom is 0.185 e. The van der Waals surface area contributed by atoms with E-state index < -0.39 is 0 Å². The Morgan fingerprint density at radius 3 is 2.41 bits per heavy atom. The third-order valence-corrected chi connectivity index (χ3v) is 5.50. The van der Waals surface area contributed by atoms with Crippen molar-refractivity contribution >= 4 is 40.7 Å². The summed E-state index contributed by atoms with van der Waals surface area (Å²) in [6, 6.07) is 16.6. The van der Waals surface area contributed by atoms with Crippen molar-refractivity contribution in [2.45, 2.75) is 0 Å². The number of anilines is 1. The predicted octanol–water partition coefficient (Wildman–Crippen LogP) is 5.99.